The molecule has 25 heavy (non-hydrogen) atoms. The maximum Gasteiger partial charge on any atom is 0.323 e. The maximum atomic E-state index is 12.2. The Morgan fingerprint density at radius 2 is 1.92 bits per heavy atom. The van der Waals surface area contributed by atoms with E-state index in [1.54, 1.807) is 26.0 Å². The molecule has 0 radical (unpaired) electrons. The molecule has 0 aliphatic carbocycles. The number of hydrogen-bond acceptors (Lipinski definition) is 5. The van der Waals surface area contributed by atoms with Gasteiger partial charge in [-0.05, 0) is 26.0 Å². The zero-order valence-electron chi connectivity index (χ0n) is 13.2. The number of ketones is 1. The first-order chi connectivity index (χ1) is 11.6. The van der Waals surface area contributed by atoms with Crippen molar-refractivity contribution in [2.75, 3.05) is 5.32 Å². The van der Waals surface area contributed by atoms with Crippen LogP contribution in [0.4, 0.5) is 10.5 Å². The molecule has 2 amide bonds. The van der Waals surface area contributed by atoms with E-state index in [9.17, 15) is 18.0 Å². The fourth-order valence-electron chi connectivity index (χ4n) is 1.95. The molecule has 0 saturated carbocycles. The van der Waals surface area contributed by atoms with Crippen molar-refractivity contribution < 1.29 is 18.0 Å². The molecular formula is C14H15Cl2N3O4S2. The molecular weight excluding hydrogens is 409 g/mol. The van der Waals surface area contributed by atoms with Crippen molar-refractivity contribution in [3.05, 3.63) is 39.3 Å². The van der Waals surface area contributed by atoms with Crippen molar-refractivity contribution in [2.24, 2.45) is 0 Å². The molecule has 0 bridgehead atoms. The number of hydrogen-bond donors (Lipinski definition) is 3. The van der Waals surface area contributed by atoms with Gasteiger partial charge in [0.15, 0.2) is 4.58 Å². The van der Waals surface area contributed by atoms with E-state index in [1.165, 1.54) is 11.5 Å². The quantitative estimate of drug-likeness (QED) is 0.674. The van der Waals surface area contributed by atoms with Crippen LogP contribution in [0.25, 0.3) is 0 Å². The highest BCUT2D eigenvalue weighted by molar-refractivity contribution is 8.16. The number of thioether (sulfide) groups is 1. The first kappa shape index (κ1) is 20.1. The van der Waals surface area contributed by atoms with Gasteiger partial charge in [-0.25, -0.2) is 17.9 Å². The van der Waals surface area contributed by atoms with Crippen LogP contribution in [-0.4, -0.2) is 30.9 Å². The van der Waals surface area contributed by atoms with Crippen LogP contribution in [0.1, 0.15) is 13.8 Å². The van der Waals surface area contributed by atoms with E-state index in [4.69, 9.17) is 23.2 Å². The number of benzene rings is 1. The number of Topliss-reactive ketones (excluding diaryl/α,β-unsaturated/α-hetero) is 1. The standard InChI is InChI=1S/C14H15Cl2N3O4S2/c1-7(2)19-25(22,23)13-12(20)10(6-24-13)18-14(21)17-9-5-3-4-8(15)11(9)16/h3-7,13,19H,1-2H3,(H2,17,18,21). The third-order valence-electron chi connectivity index (χ3n) is 2.92. The van der Waals surface area contributed by atoms with E-state index in [2.05, 4.69) is 15.4 Å². The molecule has 7 nitrogen and oxygen atoms in total. The summed E-state index contributed by atoms with van der Waals surface area (Å²) in [7, 11) is -3.85. The molecule has 0 aromatic heterocycles. The van der Waals surface area contributed by atoms with Gasteiger partial charge in [0.25, 0.3) is 0 Å². The maximum absolute atomic E-state index is 12.2. The summed E-state index contributed by atoms with van der Waals surface area (Å²) >= 11 is 12.6. The predicted octanol–water partition coefficient (Wildman–Crippen LogP) is 2.93. The van der Waals surface area contributed by atoms with Crippen LogP contribution in [-0.2, 0) is 14.8 Å². The number of anilines is 1. The number of sulfonamides is 1. The van der Waals surface area contributed by atoms with Gasteiger partial charge in [-0.15, -0.1) is 11.8 Å². The van der Waals surface area contributed by atoms with Gasteiger partial charge >= 0.3 is 6.03 Å². The van der Waals surface area contributed by atoms with Gasteiger partial charge in [0.2, 0.25) is 15.8 Å². The van der Waals surface area contributed by atoms with E-state index >= 15 is 0 Å². The normalized spacial score (nSPS) is 17.6. The lowest BCUT2D eigenvalue weighted by Crippen LogP contribution is -2.41. The Balaban J connectivity index is 2.03. The molecule has 0 spiro atoms. The summed E-state index contributed by atoms with van der Waals surface area (Å²) in [6.07, 6.45) is 0. The van der Waals surface area contributed by atoms with Crippen LogP contribution in [0.3, 0.4) is 0 Å². The zero-order chi connectivity index (χ0) is 18.8. The van der Waals surface area contributed by atoms with E-state index < -0.39 is 26.4 Å². The Morgan fingerprint density at radius 3 is 2.56 bits per heavy atom. The lowest BCUT2D eigenvalue weighted by atomic mass is 10.3. The summed E-state index contributed by atoms with van der Waals surface area (Å²) in [6, 6.07) is 3.61. The number of carbonyl (C=O) groups is 2. The summed E-state index contributed by atoms with van der Waals surface area (Å²) in [5.74, 6) is -0.703. The summed E-state index contributed by atoms with van der Waals surface area (Å²) in [5.41, 5.74) is 0.149. The Morgan fingerprint density at radius 1 is 1.24 bits per heavy atom. The summed E-state index contributed by atoms with van der Waals surface area (Å²) in [6.45, 7) is 3.30. The molecule has 1 atom stereocenters. The number of urea groups is 1. The SMILES string of the molecule is CC(C)NS(=O)(=O)C1SC=C(NC(=O)Nc2cccc(Cl)c2Cl)C1=O. The highest BCUT2D eigenvalue weighted by Crippen LogP contribution is 2.31. The predicted molar refractivity (Wildman–Crippen MR) is 100 cm³/mol. The van der Waals surface area contributed by atoms with Crippen molar-refractivity contribution in [3.63, 3.8) is 0 Å². The largest absolute Gasteiger partial charge is 0.323 e. The summed E-state index contributed by atoms with van der Waals surface area (Å²) in [4.78, 5) is 24.3. The molecule has 1 aliphatic heterocycles. The molecule has 136 valence electrons. The van der Waals surface area contributed by atoms with Crippen molar-refractivity contribution in [2.45, 2.75) is 24.5 Å². The van der Waals surface area contributed by atoms with Gasteiger partial charge < -0.3 is 10.6 Å². The molecule has 1 unspecified atom stereocenters. The van der Waals surface area contributed by atoms with Crippen LogP contribution in [0.2, 0.25) is 10.0 Å². The number of halogens is 2. The molecule has 2 rings (SSSR count). The van der Waals surface area contributed by atoms with Crippen LogP contribution in [0.15, 0.2) is 29.3 Å². The number of nitrogens with one attached hydrogen (secondary N) is 3. The fraction of sp³-hybridized carbons (Fsp3) is 0.286. The molecule has 1 heterocycles. The second-order valence-electron chi connectivity index (χ2n) is 5.36. The second-order valence-corrected chi connectivity index (χ2v) is 9.22. The summed E-state index contributed by atoms with van der Waals surface area (Å²) < 4.78 is 25.2. The molecule has 3 N–H and O–H groups in total. The number of carbonyl (C=O) groups excluding carboxylic acids is 2. The van der Waals surface area contributed by atoms with Gasteiger partial charge in [0, 0.05) is 11.4 Å². The second kappa shape index (κ2) is 7.96. The lowest BCUT2D eigenvalue weighted by molar-refractivity contribution is -0.113. The number of allylic oxidation sites excluding steroid dienone is 1. The van der Waals surface area contributed by atoms with Crippen LogP contribution in [0.5, 0.6) is 0 Å². The van der Waals surface area contributed by atoms with Gasteiger partial charge in [-0.2, -0.15) is 0 Å². The topological polar surface area (TPSA) is 104 Å². The molecule has 0 saturated heterocycles. The van der Waals surface area contributed by atoms with Crippen molar-refractivity contribution in [3.8, 4) is 0 Å². The van der Waals surface area contributed by atoms with Crippen LogP contribution < -0.4 is 15.4 Å². The molecule has 0 fully saturated rings. The van der Waals surface area contributed by atoms with E-state index in [1.807, 2.05) is 0 Å². The first-order valence-electron chi connectivity index (χ1n) is 7.05. The van der Waals surface area contributed by atoms with E-state index in [-0.39, 0.29) is 27.5 Å². The minimum atomic E-state index is -3.85. The number of amides is 2. The minimum Gasteiger partial charge on any atom is -0.306 e. The van der Waals surface area contributed by atoms with Gasteiger partial charge in [0.05, 0.1) is 21.4 Å². The minimum absolute atomic E-state index is 0.111. The Hall–Kier alpha value is -1.26. The fourth-order valence-corrected chi connectivity index (χ4v) is 5.09. The van der Waals surface area contributed by atoms with Gasteiger partial charge in [0.1, 0.15) is 0 Å². The highest BCUT2D eigenvalue weighted by atomic mass is 35.5. The Kier molecular flexibility index (Phi) is 6.39. The van der Waals surface area contributed by atoms with Crippen LogP contribution >= 0.6 is 35.0 Å². The van der Waals surface area contributed by atoms with Crippen molar-refractivity contribution in [1.82, 2.24) is 10.0 Å². The Bertz CT molecular complexity index is 840. The molecule has 1 aliphatic rings. The van der Waals surface area contributed by atoms with Gasteiger partial charge in [-0.1, -0.05) is 29.3 Å². The molecule has 1 aromatic rings. The number of rotatable bonds is 5. The third-order valence-corrected chi connectivity index (χ3v) is 7.24. The van der Waals surface area contributed by atoms with Gasteiger partial charge in [-0.3, -0.25) is 4.79 Å². The average molecular weight is 424 g/mol. The average Bonchev–Trinajstić information content (AvgIpc) is 2.84. The van der Waals surface area contributed by atoms with Crippen molar-refractivity contribution >= 4 is 62.5 Å². The Labute approximate surface area is 159 Å². The monoisotopic (exact) mass is 423 g/mol. The van der Waals surface area contributed by atoms with E-state index in [0.29, 0.717) is 0 Å². The summed E-state index contributed by atoms with van der Waals surface area (Å²) in [5, 5.41) is 6.49. The zero-order valence-corrected chi connectivity index (χ0v) is 16.3. The van der Waals surface area contributed by atoms with E-state index in [0.717, 1.165) is 11.8 Å². The smallest absolute Gasteiger partial charge is 0.306 e. The third kappa shape index (κ3) is 4.89. The molecule has 1 aromatic carbocycles. The lowest BCUT2D eigenvalue weighted by Gasteiger charge is -2.14. The van der Waals surface area contributed by atoms with Crippen LogP contribution in [0, 0.1) is 0 Å². The molecule has 11 heteroatoms. The first-order valence-corrected chi connectivity index (χ1v) is 10.3. The van der Waals surface area contributed by atoms with Crippen molar-refractivity contribution in [1.29, 1.82) is 0 Å². The highest BCUT2D eigenvalue weighted by Gasteiger charge is 2.39.